The smallest absolute Gasteiger partial charge is 0.290 e. The Hall–Kier alpha value is -2.16. The third-order valence-electron chi connectivity index (χ3n) is 3.35. The van der Waals surface area contributed by atoms with Crippen LogP contribution in [0.3, 0.4) is 0 Å². The molecule has 1 aromatic heterocycles. The molecule has 0 aliphatic rings. The van der Waals surface area contributed by atoms with Crippen LogP contribution in [0.4, 0.5) is 5.69 Å². The van der Waals surface area contributed by atoms with Crippen molar-refractivity contribution >= 4 is 11.6 Å². The molecule has 2 aromatic rings. The SMILES string of the molecule is CCc1cc[n+](CC(=O)Nc2ccc(C)cc2C)cc1. The molecule has 1 heterocycles. The van der Waals surface area contributed by atoms with Gasteiger partial charge in [-0.3, -0.25) is 4.79 Å². The summed E-state index contributed by atoms with van der Waals surface area (Å²) in [6, 6.07) is 10.1. The number of carbonyl (C=O) groups is 1. The fourth-order valence-electron chi connectivity index (χ4n) is 2.14. The Morgan fingerprint density at radius 3 is 2.45 bits per heavy atom. The number of aryl methyl sites for hydroxylation is 3. The Labute approximate surface area is 120 Å². The molecule has 20 heavy (non-hydrogen) atoms. The predicted molar refractivity (Wildman–Crippen MR) is 80.6 cm³/mol. The van der Waals surface area contributed by atoms with E-state index in [0.29, 0.717) is 6.54 Å². The van der Waals surface area contributed by atoms with Gasteiger partial charge >= 0.3 is 0 Å². The molecule has 104 valence electrons. The summed E-state index contributed by atoms with van der Waals surface area (Å²) in [6.45, 7) is 6.50. The van der Waals surface area contributed by atoms with Crippen molar-refractivity contribution in [2.24, 2.45) is 0 Å². The first-order valence-electron chi connectivity index (χ1n) is 6.93. The number of rotatable bonds is 4. The summed E-state index contributed by atoms with van der Waals surface area (Å²) in [5, 5.41) is 2.95. The summed E-state index contributed by atoms with van der Waals surface area (Å²) >= 11 is 0. The van der Waals surface area contributed by atoms with Gasteiger partial charge in [0, 0.05) is 17.8 Å². The fourth-order valence-corrected chi connectivity index (χ4v) is 2.14. The van der Waals surface area contributed by atoms with Gasteiger partial charge in [0.2, 0.25) is 6.54 Å². The highest BCUT2D eigenvalue weighted by molar-refractivity contribution is 5.90. The van der Waals surface area contributed by atoms with Crippen molar-refractivity contribution < 1.29 is 9.36 Å². The van der Waals surface area contributed by atoms with E-state index in [4.69, 9.17) is 0 Å². The summed E-state index contributed by atoms with van der Waals surface area (Å²) < 4.78 is 1.89. The van der Waals surface area contributed by atoms with Gasteiger partial charge in [-0.1, -0.05) is 24.6 Å². The minimum absolute atomic E-state index is 0.00815. The standard InChI is InChI=1S/C17H20N2O/c1-4-15-7-9-19(10-8-15)12-17(20)18-16-6-5-13(2)11-14(16)3/h5-11H,4,12H2,1-3H3/p+1. The summed E-state index contributed by atoms with van der Waals surface area (Å²) in [4.78, 5) is 12.0. The van der Waals surface area contributed by atoms with Gasteiger partial charge < -0.3 is 5.32 Å². The third-order valence-corrected chi connectivity index (χ3v) is 3.35. The van der Waals surface area contributed by atoms with E-state index < -0.39 is 0 Å². The predicted octanol–water partition coefficient (Wildman–Crippen LogP) is 2.79. The van der Waals surface area contributed by atoms with Gasteiger partial charge in [-0.25, -0.2) is 0 Å². The van der Waals surface area contributed by atoms with E-state index in [9.17, 15) is 4.79 Å². The number of pyridine rings is 1. The lowest BCUT2D eigenvalue weighted by Gasteiger charge is -2.07. The summed E-state index contributed by atoms with van der Waals surface area (Å²) in [5.41, 5.74) is 4.44. The van der Waals surface area contributed by atoms with E-state index in [1.165, 1.54) is 11.1 Å². The van der Waals surface area contributed by atoms with E-state index in [1.807, 2.05) is 55.1 Å². The number of benzene rings is 1. The van der Waals surface area contributed by atoms with Crippen LogP contribution in [-0.4, -0.2) is 5.91 Å². The molecule has 0 fully saturated rings. The van der Waals surface area contributed by atoms with Crippen LogP contribution in [0, 0.1) is 13.8 Å². The maximum Gasteiger partial charge on any atom is 0.290 e. The number of amides is 1. The highest BCUT2D eigenvalue weighted by Crippen LogP contribution is 2.15. The van der Waals surface area contributed by atoms with Crippen LogP contribution in [0.15, 0.2) is 42.7 Å². The monoisotopic (exact) mass is 269 g/mol. The topological polar surface area (TPSA) is 33.0 Å². The number of carbonyl (C=O) groups excluding carboxylic acids is 1. The van der Waals surface area contributed by atoms with Gasteiger partial charge in [-0.15, -0.1) is 0 Å². The molecule has 0 saturated carbocycles. The Morgan fingerprint density at radius 1 is 1.15 bits per heavy atom. The summed E-state index contributed by atoms with van der Waals surface area (Å²) in [6.07, 6.45) is 4.90. The highest BCUT2D eigenvalue weighted by Gasteiger charge is 2.10. The molecule has 0 radical (unpaired) electrons. The molecule has 1 amide bonds. The molecule has 1 N–H and O–H groups in total. The Bertz CT molecular complexity index is 603. The van der Waals surface area contributed by atoms with Crippen LogP contribution in [0.5, 0.6) is 0 Å². The average Bonchev–Trinajstić information content (AvgIpc) is 2.43. The van der Waals surface area contributed by atoms with Crippen LogP contribution in [-0.2, 0) is 17.8 Å². The second kappa shape index (κ2) is 6.33. The third kappa shape index (κ3) is 3.67. The summed E-state index contributed by atoms with van der Waals surface area (Å²) in [7, 11) is 0. The molecule has 3 heteroatoms. The molecule has 0 aliphatic heterocycles. The van der Waals surface area contributed by atoms with Crippen LogP contribution in [0.1, 0.15) is 23.6 Å². The maximum absolute atomic E-state index is 12.0. The van der Waals surface area contributed by atoms with Gasteiger partial charge in [0.1, 0.15) is 0 Å². The van der Waals surface area contributed by atoms with Gasteiger partial charge in [0.15, 0.2) is 12.4 Å². The van der Waals surface area contributed by atoms with E-state index in [0.717, 1.165) is 17.7 Å². The maximum atomic E-state index is 12.0. The Kier molecular flexibility index (Phi) is 4.51. The molecular formula is C17H21N2O+. The Balaban J connectivity index is 2.01. The van der Waals surface area contributed by atoms with Crippen molar-refractivity contribution in [3.8, 4) is 0 Å². The zero-order valence-corrected chi connectivity index (χ0v) is 12.3. The minimum Gasteiger partial charge on any atom is -0.320 e. The lowest BCUT2D eigenvalue weighted by molar-refractivity contribution is -0.684. The van der Waals surface area contributed by atoms with Crippen molar-refractivity contribution in [1.29, 1.82) is 0 Å². The molecular weight excluding hydrogens is 248 g/mol. The first-order chi connectivity index (χ1) is 9.58. The van der Waals surface area contributed by atoms with Gasteiger partial charge in [-0.05, 0) is 37.5 Å². The normalized spacial score (nSPS) is 10.3. The molecule has 0 bridgehead atoms. The van der Waals surface area contributed by atoms with E-state index in [-0.39, 0.29) is 5.91 Å². The second-order valence-electron chi connectivity index (χ2n) is 5.10. The number of hydrogen-bond acceptors (Lipinski definition) is 1. The number of nitrogens with zero attached hydrogens (tertiary/aromatic N) is 1. The van der Waals surface area contributed by atoms with Crippen LogP contribution < -0.4 is 9.88 Å². The molecule has 0 aliphatic carbocycles. The first-order valence-corrected chi connectivity index (χ1v) is 6.93. The molecule has 0 unspecified atom stereocenters. The zero-order valence-electron chi connectivity index (χ0n) is 12.3. The van der Waals surface area contributed by atoms with Gasteiger partial charge in [-0.2, -0.15) is 4.57 Å². The van der Waals surface area contributed by atoms with Gasteiger partial charge in [0.25, 0.3) is 5.91 Å². The molecule has 2 rings (SSSR count). The number of anilines is 1. The highest BCUT2D eigenvalue weighted by atomic mass is 16.1. The van der Waals surface area contributed by atoms with Crippen LogP contribution >= 0.6 is 0 Å². The number of aromatic nitrogens is 1. The van der Waals surface area contributed by atoms with Crippen LogP contribution in [0.2, 0.25) is 0 Å². The largest absolute Gasteiger partial charge is 0.320 e. The van der Waals surface area contributed by atoms with Crippen molar-refractivity contribution in [2.45, 2.75) is 33.7 Å². The molecule has 1 aromatic carbocycles. The van der Waals surface area contributed by atoms with Crippen molar-refractivity contribution in [3.63, 3.8) is 0 Å². The lowest BCUT2D eigenvalue weighted by Crippen LogP contribution is -2.39. The van der Waals surface area contributed by atoms with Gasteiger partial charge in [0.05, 0.1) is 0 Å². The van der Waals surface area contributed by atoms with Crippen molar-refractivity contribution in [2.75, 3.05) is 5.32 Å². The minimum atomic E-state index is -0.00815. The van der Waals surface area contributed by atoms with E-state index in [2.05, 4.69) is 18.3 Å². The first kappa shape index (κ1) is 14.3. The molecule has 3 nitrogen and oxygen atoms in total. The second-order valence-corrected chi connectivity index (χ2v) is 5.10. The number of hydrogen-bond donors (Lipinski definition) is 1. The quantitative estimate of drug-likeness (QED) is 0.851. The average molecular weight is 269 g/mol. The molecule has 0 atom stereocenters. The molecule has 0 saturated heterocycles. The van der Waals surface area contributed by atoms with Crippen molar-refractivity contribution in [3.05, 3.63) is 59.4 Å². The summed E-state index contributed by atoms with van der Waals surface area (Å²) in [5.74, 6) is -0.00815. The van der Waals surface area contributed by atoms with Crippen molar-refractivity contribution in [1.82, 2.24) is 0 Å². The lowest BCUT2D eigenvalue weighted by atomic mass is 10.1. The zero-order chi connectivity index (χ0) is 14.5. The van der Waals surface area contributed by atoms with Crippen LogP contribution in [0.25, 0.3) is 0 Å². The van der Waals surface area contributed by atoms with E-state index in [1.54, 1.807) is 0 Å². The fraction of sp³-hybridized carbons (Fsp3) is 0.294. The molecule has 0 spiro atoms. The number of nitrogens with one attached hydrogen (secondary N) is 1. The van der Waals surface area contributed by atoms with E-state index >= 15 is 0 Å². The Morgan fingerprint density at radius 2 is 1.85 bits per heavy atom.